The van der Waals surface area contributed by atoms with Gasteiger partial charge < -0.3 is 5.11 Å². The Morgan fingerprint density at radius 1 is 1.37 bits per heavy atom. The predicted molar refractivity (Wildman–Crippen MR) is 68.8 cm³/mol. The summed E-state index contributed by atoms with van der Waals surface area (Å²) in [5, 5.41) is 21.4. The lowest BCUT2D eigenvalue weighted by Gasteiger charge is -2.10. The number of carbonyl (C=O) groups is 1. The first kappa shape index (κ1) is 13.5. The highest BCUT2D eigenvalue weighted by molar-refractivity contribution is 6.30. The molecule has 1 heterocycles. The van der Waals surface area contributed by atoms with Crippen LogP contribution in [0.1, 0.15) is 11.4 Å². The SMILES string of the molecule is Cn1nnc(CC(Cc2ccc(Cl)cc2)C(=O)O)n1. The van der Waals surface area contributed by atoms with Crippen LogP contribution in [0.4, 0.5) is 0 Å². The molecule has 2 rings (SSSR count). The molecular formula is C12H13ClN4O2. The third-order valence-corrected chi connectivity index (χ3v) is 2.98. The van der Waals surface area contributed by atoms with Gasteiger partial charge in [0.15, 0.2) is 5.82 Å². The number of aromatic nitrogens is 4. The molecule has 0 radical (unpaired) electrons. The summed E-state index contributed by atoms with van der Waals surface area (Å²) in [5.74, 6) is -1.02. The summed E-state index contributed by atoms with van der Waals surface area (Å²) < 4.78 is 0. The van der Waals surface area contributed by atoms with Gasteiger partial charge in [-0.15, -0.1) is 10.2 Å². The van der Waals surface area contributed by atoms with Gasteiger partial charge in [0.1, 0.15) is 0 Å². The standard InChI is InChI=1S/C12H13ClN4O2/c1-17-15-11(14-16-17)7-9(12(18)19)6-8-2-4-10(13)5-3-8/h2-5,9H,6-7H2,1H3,(H,18,19). The van der Waals surface area contributed by atoms with E-state index in [1.165, 1.54) is 4.80 Å². The van der Waals surface area contributed by atoms with E-state index in [9.17, 15) is 9.90 Å². The monoisotopic (exact) mass is 280 g/mol. The molecule has 0 aliphatic carbocycles. The number of aryl methyl sites for hydroxylation is 1. The Hall–Kier alpha value is -1.95. The second-order valence-corrected chi connectivity index (χ2v) is 4.70. The van der Waals surface area contributed by atoms with Gasteiger partial charge in [0.05, 0.1) is 13.0 Å². The molecule has 1 N–H and O–H groups in total. The van der Waals surface area contributed by atoms with Crippen molar-refractivity contribution in [1.29, 1.82) is 0 Å². The van der Waals surface area contributed by atoms with E-state index in [0.29, 0.717) is 17.3 Å². The average Bonchev–Trinajstić information content (AvgIpc) is 2.76. The maximum Gasteiger partial charge on any atom is 0.307 e. The van der Waals surface area contributed by atoms with Crippen LogP contribution in [0.3, 0.4) is 0 Å². The van der Waals surface area contributed by atoms with Gasteiger partial charge in [0.25, 0.3) is 0 Å². The van der Waals surface area contributed by atoms with E-state index < -0.39 is 11.9 Å². The largest absolute Gasteiger partial charge is 0.481 e. The molecule has 0 aliphatic heterocycles. The number of rotatable bonds is 5. The highest BCUT2D eigenvalue weighted by Crippen LogP contribution is 2.15. The first-order valence-corrected chi connectivity index (χ1v) is 6.12. The molecule has 0 amide bonds. The molecule has 7 heteroatoms. The van der Waals surface area contributed by atoms with Crippen LogP contribution in [0.2, 0.25) is 5.02 Å². The maximum absolute atomic E-state index is 11.3. The zero-order valence-electron chi connectivity index (χ0n) is 10.3. The fraction of sp³-hybridized carbons (Fsp3) is 0.333. The number of carboxylic acid groups (broad SMARTS) is 1. The number of halogens is 1. The van der Waals surface area contributed by atoms with Crippen molar-refractivity contribution in [2.75, 3.05) is 0 Å². The summed E-state index contributed by atoms with van der Waals surface area (Å²) in [6, 6.07) is 7.14. The van der Waals surface area contributed by atoms with Crippen molar-refractivity contribution in [3.8, 4) is 0 Å². The molecule has 100 valence electrons. The van der Waals surface area contributed by atoms with Crippen LogP contribution in [0, 0.1) is 5.92 Å². The topological polar surface area (TPSA) is 80.9 Å². The van der Waals surface area contributed by atoms with Gasteiger partial charge in [0.2, 0.25) is 0 Å². The third kappa shape index (κ3) is 3.75. The molecule has 6 nitrogen and oxygen atoms in total. The average molecular weight is 281 g/mol. The van der Waals surface area contributed by atoms with Crippen molar-refractivity contribution in [1.82, 2.24) is 20.2 Å². The summed E-state index contributed by atoms with van der Waals surface area (Å²) in [5.41, 5.74) is 0.917. The Kier molecular flexibility index (Phi) is 4.11. The summed E-state index contributed by atoms with van der Waals surface area (Å²) in [6.45, 7) is 0. The van der Waals surface area contributed by atoms with Crippen LogP contribution < -0.4 is 0 Å². The van der Waals surface area contributed by atoms with E-state index in [1.807, 2.05) is 12.1 Å². The molecule has 0 saturated carbocycles. The molecule has 1 atom stereocenters. The molecule has 0 bridgehead atoms. The number of hydrogen-bond acceptors (Lipinski definition) is 4. The van der Waals surface area contributed by atoms with Crippen molar-refractivity contribution in [3.63, 3.8) is 0 Å². The minimum absolute atomic E-state index is 0.256. The van der Waals surface area contributed by atoms with E-state index in [2.05, 4.69) is 15.4 Å². The summed E-state index contributed by atoms with van der Waals surface area (Å²) in [6.07, 6.45) is 0.663. The molecule has 0 aliphatic rings. The molecule has 2 aromatic rings. The van der Waals surface area contributed by atoms with Crippen LogP contribution >= 0.6 is 11.6 Å². The Labute approximate surface area is 115 Å². The molecule has 1 unspecified atom stereocenters. The Balaban J connectivity index is 2.08. The van der Waals surface area contributed by atoms with Crippen molar-refractivity contribution in [2.24, 2.45) is 13.0 Å². The molecule has 19 heavy (non-hydrogen) atoms. The number of carboxylic acids is 1. The lowest BCUT2D eigenvalue weighted by Crippen LogP contribution is -2.20. The first-order valence-electron chi connectivity index (χ1n) is 5.74. The molecule has 1 aromatic heterocycles. The minimum Gasteiger partial charge on any atom is -0.481 e. The van der Waals surface area contributed by atoms with E-state index in [0.717, 1.165) is 5.56 Å². The number of nitrogens with zero attached hydrogens (tertiary/aromatic N) is 4. The fourth-order valence-electron chi connectivity index (χ4n) is 1.78. The normalized spacial score (nSPS) is 12.3. The molecule has 0 saturated heterocycles. The smallest absolute Gasteiger partial charge is 0.307 e. The van der Waals surface area contributed by atoms with E-state index in [-0.39, 0.29) is 6.42 Å². The van der Waals surface area contributed by atoms with E-state index in [4.69, 9.17) is 11.6 Å². The van der Waals surface area contributed by atoms with Gasteiger partial charge in [-0.25, -0.2) is 0 Å². The van der Waals surface area contributed by atoms with Crippen molar-refractivity contribution >= 4 is 17.6 Å². The molecular weight excluding hydrogens is 268 g/mol. The summed E-state index contributed by atoms with van der Waals surface area (Å²) in [7, 11) is 1.64. The Morgan fingerprint density at radius 2 is 2.05 bits per heavy atom. The van der Waals surface area contributed by atoms with Gasteiger partial charge in [-0.2, -0.15) is 4.80 Å². The minimum atomic E-state index is -0.873. The van der Waals surface area contributed by atoms with Gasteiger partial charge in [-0.1, -0.05) is 23.7 Å². The number of hydrogen-bond donors (Lipinski definition) is 1. The van der Waals surface area contributed by atoms with E-state index in [1.54, 1.807) is 19.2 Å². The van der Waals surface area contributed by atoms with Gasteiger partial charge >= 0.3 is 5.97 Å². The fourth-order valence-corrected chi connectivity index (χ4v) is 1.90. The number of aliphatic carboxylic acids is 1. The zero-order valence-corrected chi connectivity index (χ0v) is 11.1. The van der Waals surface area contributed by atoms with Crippen molar-refractivity contribution < 1.29 is 9.90 Å². The van der Waals surface area contributed by atoms with Crippen LogP contribution in [0.15, 0.2) is 24.3 Å². The molecule has 0 fully saturated rings. The van der Waals surface area contributed by atoms with Crippen molar-refractivity contribution in [2.45, 2.75) is 12.8 Å². The van der Waals surface area contributed by atoms with Crippen LogP contribution in [-0.4, -0.2) is 31.3 Å². The van der Waals surface area contributed by atoms with Gasteiger partial charge in [-0.05, 0) is 29.3 Å². The Morgan fingerprint density at radius 3 is 2.58 bits per heavy atom. The van der Waals surface area contributed by atoms with Crippen molar-refractivity contribution in [3.05, 3.63) is 40.7 Å². The molecule has 1 aromatic carbocycles. The van der Waals surface area contributed by atoms with E-state index >= 15 is 0 Å². The number of benzene rings is 1. The van der Waals surface area contributed by atoms with Crippen LogP contribution in [0.25, 0.3) is 0 Å². The Bertz CT molecular complexity index is 567. The highest BCUT2D eigenvalue weighted by atomic mass is 35.5. The van der Waals surface area contributed by atoms with Gasteiger partial charge in [-0.3, -0.25) is 4.79 Å². The first-order chi connectivity index (χ1) is 9.04. The predicted octanol–water partition coefficient (Wildman–Crippen LogP) is 1.35. The zero-order chi connectivity index (χ0) is 13.8. The quantitative estimate of drug-likeness (QED) is 0.894. The lowest BCUT2D eigenvalue weighted by atomic mass is 9.96. The summed E-state index contributed by atoms with van der Waals surface area (Å²) >= 11 is 5.80. The third-order valence-electron chi connectivity index (χ3n) is 2.72. The number of tetrazole rings is 1. The second kappa shape index (κ2) is 5.79. The van der Waals surface area contributed by atoms with Gasteiger partial charge in [0, 0.05) is 11.4 Å². The lowest BCUT2D eigenvalue weighted by molar-refractivity contribution is -0.141. The maximum atomic E-state index is 11.3. The second-order valence-electron chi connectivity index (χ2n) is 4.26. The summed E-state index contributed by atoms with van der Waals surface area (Å²) in [4.78, 5) is 12.6. The molecule has 0 spiro atoms. The highest BCUT2D eigenvalue weighted by Gasteiger charge is 2.21. The van der Waals surface area contributed by atoms with Crippen LogP contribution in [-0.2, 0) is 24.7 Å². The van der Waals surface area contributed by atoms with Crippen LogP contribution in [0.5, 0.6) is 0 Å².